The van der Waals surface area contributed by atoms with Gasteiger partial charge in [-0.05, 0) is 36.1 Å². The molecule has 1 aromatic rings. The van der Waals surface area contributed by atoms with Crippen LogP contribution in [0.3, 0.4) is 0 Å². The van der Waals surface area contributed by atoms with Gasteiger partial charge in [-0.1, -0.05) is 24.3 Å². The molecule has 4 nitrogen and oxygen atoms in total. The van der Waals surface area contributed by atoms with E-state index in [2.05, 4.69) is 29.6 Å². The predicted molar refractivity (Wildman–Crippen MR) is 85.6 cm³/mol. The van der Waals surface area contributed by atoms with Crippen LogP contribution in [0.4, 0.5) is 4.79 Å². The van der Waals surface area contributed by atoms with Gasteiger partial charge in [0.25, 0.3) is 0 Å². The summed E-state index contributed by atoms with van der Waals surface area (Å²) in [5, 5.41) is 12.7. The maximum absolute atomic E-state index is 12.3. The number of likely N-dealkylation sites (tertiary alicyclic amines) is 1. The maximum Gasteiger partial charge on any atom is 0.317 e. The van der Waals surface area contributed by atoms with Crippen molar-refractivity contribution in [1.82, 2.24) is 10.2 Å². The molecule has 2 aliphatic rings. The van der Waals surface area contributed by atoms with Gasteiger partial charge in [0.1, 0.15) is 0 Å². The minimum Gasteiger partial charge on any atom is -0.394 e. The number of carbonyl (C=O) groups is 1. The Balaban J connectivity index is 1.60. The van der Waals surface area contributed by atoms with E-state index in [0.717, 1.165) is 31.6 Å². The van der Waals surface area contributed by atoms with E-state index >= 15 is 0 Å². The molecule has 2 N–H and O–H groups in total. The lowest BCUT2D eigenvalue weighted by atomic mass is 10.0. The Bertz CT molecular complexity index is 509. The van der Waals surface area contributed by atoms with Crippen LogP contribution in [0.15, 0.2) is 24.3 Å². The Morgan fingerprint density at radius 2 is 2.29 bits per heavy atom. The third kappa shape index (κ3) is 3.19. The predicted octanol–water partition coefficient (Wildman–Crippen LogP) is 2.18. The first-order valence-corrected chi connectivity index (χ1v) is 8.69. The zero-order valence-electron chi connectivity index (χ0n) is 12.1. The lowest BCUT2D eigenvalue weighted by molar-refractivity contribution is 0.157. The summed E-state index contributed by atoms with van der Waals surface area (Å²) in [5.74, 6) is 1.11. The number of urea groups is 1. The first kappa shape index (κ1) is 14.7. The van der Waals surface area contributed by atoms with E-state index in [0.29, 0.717) is 11.8 Å². The number of aliphatic hydroxyl groups excluding tert-OH is 1. The van der Waals surface area contributed by atoms with Gasteiger partial charge in [0.15, 0.2) is 0 Å². The Hall–Kier alpha value is -1.20. The van der Waals surface area contributed by atoms with Gasteiger partial charge < -0.3 is 15.3 Å². The van der Waals surface area contributed by atoms with Gasteiger partial charge in [0.05, 0.1) is 12.6 Å². The molecule has 0 spiro atoms. The maximum atomic E-state index is 12.3. The Morgan fingerprint density at radius 1 is 1.43 bits per heavy atom. The molecular weight excluding hydrogens is 284 g/mol. The molecule has 2 aliphatic heterocycles. The summed E-state index contributed by atoms with van der Waals surface area (Å²) in [4.78, 5) is 14.0. The number of aryl methyl sites for hydroxylation is 1. The van der Waals surface area contributed by atoms with Crippen LogP contribution in [0, 0.1) is 0 Å². The van der Waals surface area contributed by atoms with E-state index in [9.17, 15) is 9.90 Å². The summed E-state index contributed by atoms with van der Waals surface area (Å²) in [7, 11) is 0. The van der Waals surface area contributed by atoms with Crippen molar-refractivity contribution >= 4 is 17.8 Å². The molecule has 5 heteroatoms. The standard InChI is InChI=1S/C16H22N2O2S/c19-11-13-5-3-8-18(13)16(20)17-10-15-14-6-2-1-4-12(14)7-9-21-15/h1-2,4,6,13,15,19H,3,5,7-11H2,(H,17,20)/t13-,15?/m1/s1. The van der Waals surface area contributed by atoms with E-state index in [1.165, 1.54) is 11.1 Å². The van der Waals surface area contributed by atoms with Gasteiger partial charge in [-0.3, -0.25) is 0 Å². The molecule has 2 heterocycles. The van der Waals surface area contributed by atoms with E-state index < -0.39 is 0 Å². The number of rotatable bonds is 3. The summed E-state index contributed by atoms with van der Waals surface area (Å²) in [5.41, 5.74) is 2.76. The van der Waals surface area contributed by atoms with Gasteiger partial charge in [-0.2, -0.15) is 11.8 Å². The first-order chi connectivity index (χ1) is 10.3. The van der Waals surface area contributed by atoms with E-state index in [1.54, 1.807) is 4.90 Å². The largest absolute Gasteiger partial charge is 0.394 e. The molecule has 1 saturated heterocycles. The highest BCUT2D eigenvalue weighted by Gasteiger charge is 2.29. The van der Waals surface area contributed by atoms with Crippen molar-refractivity contribution in [3.63, 3.8) is 0 Å². The van der Waals surface area contributed by atoms with Crippen molar-refractivity contribution in [2.75, 3.05) is 25.4 Å². The van der Waals surface area contributed by atoms with E-state index in [-0.39, 0.29) is 18.7 Å². The average molecular weight is 306 g/mol. The van der Waals surface area contributed by atoms with Crippen molar-refractivity contribution in [2.45, 2.75) is 30.6 Å². The number of aliphatic hydroxyl groups is 1. The fourth-order valence-corrected chi connectivity index (χ4v) is 4.45. The lowest BCUT2D eigenvalue weighted by Crippen LogP contribution is -2.45. The molecule has 1 unspecified atom stereocenters. The third-order valence-corrected chi connectivity index (χ3v) is 5.64. The van der Waals surface area contributed by atoms with Crippen LogP contribution in [0.5, 0.6) is 0 Å². The molecular formula is C16H22N2O2S. The second kappa shape index (κ2) is 6.71. The Morgan fingerprint density at radius 3 is 3.14 bits per heavy atom. The van der Waals surface area contributed by atoms with Crippen molar-refractivity contribution in [2.24, 2.45) is 0 Å². The molecule has 2 amide bonds. The topological polar surface area (TPSA) is 52.6 Å². The number of hydrogen-bond donors (Lipinski definition) is 2. The van der Waals surface area contributed by atoms with Crippen LogP contribution in [-0.4, -0.2) is 47.5 Å². The molecule has 0 radical (unpaired) electrons. The molecule has 2 atom stereocenters. The highest BCUT2D eigenvalue weighted by Crippen LogP contribution is 2.36. The molecule has 0 aromatic heterocycles. The van der Waals surface area contributed by atoms with Gasteiger partial charge in [0, 0.05) is 18.3 Å². The number of carbonyl (C=O) groups excluding carboxylic acids is 1. The number of thioether (sulfide) groups is 1. The monoisotopic (exact) mass is 306 g/mol. The summed E-state index contributed by atoms with van der Waals surface area (Å²) >= 11 is 1.91. The number of hydrogen-bond acceptors (Lipinski definition) is 3. The second-order valence-corrected chi connectivity index (χ2v) is 6.98. The molecule has 0 aliphatic carbocycles. The van der Waals surface area contributed by atoms with E-state index in [1.807, 2.05) is 11.8 Å². The SMILES string of the molecule is O=C(NCC1SCCc2ccccc21)N1CCC[C@@H]1CO. The fraction of sp³-hybridized carbons (Fsp3) is 0.562. The lowest BCUT2D eigenvalue weighted by Gasteiger charge is -2.28. The van der Waals surface area contributed by atoms with Crippen molar-refractivity contribution in [1.29, 1.82) is 0 Å². The van der Waals surface area contributed by atoms with Gasteiger partial charge in [0.2, 0.25) is 0 Å². The van der Waals surface area contributed by atoms with Crippen LogP contribution in [0.2, 0.25) is 0 Å². The van der Waals surface area contributed by atoms with Crippen molar-refractivity contribution in [3.05, 3.63) is 35.4 Å². The zero-order chi connectivity index (χ0) is 14.7. The summed E-state index contributed by atoms with van der Waals surface area (Å²) in [6, 6.07) is 8.48. The highest BCUT2D eigenvalue weighted by atomic mass is 32.2. The van der Waals surface area contributed by atoms with Crippen molar-refractivity contribution in [3.8, 4) is 0 Å². The van der Waals surface area contributed by atoms with Crippen LogP contribution >= 0.6 is 11.8 Å². The number of benzene rings is 1. The fourth-order valence-electron chi connectivity index (χ4n) is 3.22. The molecule has 114 valence electrons. The molecule has 0 bridgehead atoms. The molecule has 0 saturated carbocycles. The highest BCUT2D eigenvalue weighted by molar-refractivity contribution is 7.99. The Kier molecular flexibility index (Phi) is 4.70. The number of amides is 2. The minimum atomic E-state index is -0.0322. The smallest absolute Gasteiger partial charge is 0.317 e. The normalized spacial score (nSPS) is 24.7. The van der Waals surface area contributed by atoms with Gasteiger partial charge in [-0.15, -0.1) is 0 Å². The Labute approximate surface area is 129 Å². The van der Waals surface area contributed by atoms with Crippen LogP contribution in [0.1, 0.15) is 29.2 Å². The van der Waals surface area contributed by atoms with Crippen LogP contribution < -0.4 is 5.32 Å². The number of fused-ring (bicyclic) bond motifs is 1. The van der Waals surface area contributed by atoms with Crippen molar-refractivity contribution < 1.29 is 9.90 Å². The summed E-state index contributed by atoms with van der Waals surface area (Å²) in [6.07, 6.45) is 3.01. The number of nitrogens with one attached hydrogen (secondary N) is 1. The second-order valence-electron chi connectivity index (χ2n) is 5.67. The molecule has 1 fully saturated rings. The first-order valence-electron chi connectivity index (χ1n) is 7.64. The molecule has 21 heavy (non-hydrogen) atoms. The third-order valence-electron chi connectivity index (χ3n) is 4.38. The summed E-state index contributed by atoms with van der Waals surface area (Å²) < 4.78 is 0. The quantitative estimate of drug-likeness (QED) is 0.900. The molecule has 1 aromatic carbocycles. The van der Waals surface area contributed by atoms with Gasteiger partial charge >= 0.3 is 6.03 Å². The number of nitrogens with zero attached hydrogens (tertiary/aromatic N) is 1. The van der Waals surface area contributed by atoms with Gasteiger partial charge in [-0.25, -0.2) is 4.79 Å². The van der Waals surface area contributed by atoms with E-state index in [4.69, 9.17) is 0 Å². The van der Waals surface area contributed by atoms with Crippen LogP contribution in [0.25, 0.3) is 0 Å². The molecule has 3 rings (SSSR count). The van der Waals surface area contributed by atoms with Crippen LogP contribution in [-0.2, 0) is 6.42 Å². The average Bonchev–Trinajstić information content (AvgIpc) is 3.01. The summed E-state index contributed by atoms with van der Waals surface area (Å²) in [6.45, 7) is 1.48. The minimum absolute atomic E-state index is 0.00343. The zero-order valence-corrected chi connectivity index (χ0v) is 12.9.